The number of rotatable bonds is 4. The van der Waals surface area contributed by atoms with Gasteiger partial charge in [0, 0.05) is 11.3 Å². The molecule has 0 spiro atoms. The minimum absolute atomic E-state index is 0.253. The van der Waals surface area contributed by atoms with Gasteiger partial charge in [-0.1, -0.05) is 6.07 Å². The quantitative estimate of drug-likeness (QED) is 0.576. The van der Waals surface area contributed by atoms with E-state index in [1.165, 1.54) is 35.2 Å². The first-order chi connectivity index (χ1) is 14.0. The highest BCUT2D eigenvalue weighted by atomic mass is 19.1. The third kappa shape index (κ3) is 3.70. The van der Waals surface area contributed by atoms with Gasteiger partial charge in [0.25, 0.3) is 11.5 Å². The lowest BCUT2D eigenvalue weighted by molar-refractivity contribution is 0.102. The minimum Gasteiger partial charge on any atom is -0.497 e. The fourth-order valence-corrected chi connectivity index (χ4v) is 2.96. The predicted octanol–water partition coefficient (Wildman–Crippen LogP) is 3.79. The second-order valence-corrected chi connectivity index (χ2v) is 6.31. The molecule has 1 heterocycles. The maximum atomic E-state index is 13.3. The monoisotopic (exact) mass is 389 g/mol. The zero-order valence-electron chi connectivity index (χ0n) is 15.4. The molecule has 7 heteroatoms. The van der Waals surface area contributed by atoms with Crippen molar-refractivity contribution in [3.63, 3.8) is 0 Å². The number of nitrogens with zero attached hydrogens (tertiary/aromatic N) is 2. The van der Waals surface area contributed by atoms with Crippen LogP contribution in [0.25, 0.3) is 16.6 Å². The van der Waals surface area contributed by atoms with Crippen molar-refractivity contribution in [1.29, 1.82) is 0 Å². The average Bonchev–Trinajstić information content (AvgIpc) is 2.74. The van der Waals surface area contributed by atoms with Gasteiger partial charge in [0.2, 0.25) is 0 Å². The van der Waals surface area contributed by atoms with Gasteiger partial charge in [-0.05, 0) is 60.7 Å². The Labute approximate surface area is 165 Å². The lowest BCUT2D eigenvalue weighted by Gasteiger charge is -2.09. The van der Waals surface area contributed by atoms with Gasteiger partial charge in [-0.3, -0.25) is 14.2 Å². The number of anilines is 1. The molecule has 0 aliphatic rings. The number of hydrogen-bond donors (Lipinski definition) is 1. The Bertz CT molecular complexity index is 1270. The molecule has 0 radical (unpaired) electrons. The van der Waals surface area contributed by atoms with Crippen molar-refractivity contribution < 1.29 is 13.9 Å². The molecule has 1 aromatic heterocycles. The molecule has 0 aliphatic carbocycles. The van der Waals surface area contributed by atoms with Crippen molar-refractivity contribution in [2.45, 2.75) is 0 Å². The fraction of sp³-hybridized carbons (Fsp3) is 0.0455. The fourth-order valence-electron chi connectivity index (χ4n) is 2.96. The number of ether oxygens (including phenoxy) is 1. The second-order valence-electron chi connectivity index (χ2n) is 6.31. The summed E-state index contributed by atoms with van der Waals surface area (Å²) in [7, 11) is 1.57. The third-order valence-corrected chi connectivity index (χ3v) is 4.45. The molecule has 3 aromatic carbocycles. The van der Waals surface area contributed by atoms with Gasteiger partial charge >= 0.3 is 0 Å². The molecule has 144 valence electrons. The van der Waals surface area contributed by atoms with Crippen LogP contribution in [0.1, 0.15) is 10.4 Å². The van der Waals surface area contributed by atoms with Crippen LogP contribution in [0.3, 0.4) is 0 Å². The number of fused-ring (bicyclic) bond motifs is 1. The molecule has 1 amide bonds. The summed E-state index contributed by atoms with van der Waals surface area (Å²) in [5, 5.41) is 3.00. The van der Waals surface area contributed by atoms with Crippen molar-refractivity contribution in [2.24, 2.45) is 0 Å². The number of carbonyl (C=O) groups is 1. The van der Waals surface area contributed by atoms with Crippen molar-refractivity contribution in [1.82, 2.24) is 9.55 Å². The molecular weight excluding hydrogens is 373 g/mol. The van der Waals surface area contributed by atoms with E-state index in [1.54, 1.807) is 49.6 Å². The van der Waals surface area contributed by atoms with Crippen LogP contribution in [0.2, 0.25) is 0 Å². The number of carbonyl (C=O) groups excluding carboxylic acids is 1. The largest absolute Gasteiger partial charge is 0.497 e. The maximum Gasteiger partial charge on any atom is 0.265 e. The van der Waals surface area contributed by atoms with Gasteiger partial charge in [-0.15, -0.1) is 0 Å². The molecule has 1 N–H and O–H groups in total. The first-order valence-corrected chi connectivity index (χ1v) is 8.78. The molecule has 29 heavy (non-hydrogen) atoms. The van der Waals surface area contributed by atoms with Crippen LogP contribution < -0.4 is 15.6 Å². The number of aromatic nitrogens is 2. The van der Waals surface area contributed by atoms with E-state index in [-0.39, 0.29) is 5.56 Å². The molecule has 4 aromatic rings. The Balaban J connectivity index is 1.66. The van der Waals surface area contributed by atoms with Crippen LogP contribution in [-0.4, -0.2) is 22.6 Å². The van der Waals surface area contributed by atoms with Crippen molar-refractivity contribution >= 4 is 22.5 Å². The van der Waals surface area contributed by atoms with Crippen molar-refractivity contribution in [3.05, 3.63) is 94.8 Å². The first kappa shape index (κ1) is 18.4. The summed E-state index contributed by atoms with van der Waals surface area (Å²) in [6.07, 6.45) is 1.42. The highest BCUT2D eigenvalue weighted by Gasteiger charge is 2.11. The van der Waals surface area contributed by atoms with Gasteiger partial charge in [0.15, 0.2) is 0 Å². The van der Waals surface area contributed by atoms with Crippen LogP contribution in [0.15, 0.2) is 77.9 Å². The molecule has 0 aliphatic heterocycles. The van der Waals surface area contributed by atoms with E-state index >= 15 is 0 Å². The summed E-state index contributed by atoms with van der Waals surface area (Å²) in [5.74, 6) is -0.176. The van der Waals surface area contributed by atoms with E-state index in [0.717, 1.165) is 0 Å². The van der Waals surface area contributed by atoms with Crippen molar-refractivity contribution in [2.75, 3.05) is 12.4 Å². The molecule has 4 rings (SSSR count). The smallest absolute Gasteiger partial charge is 0.265 e. The van der Waals surface area contributed by atoms with E-state index in [2.05, 4.69) is 10.3 Å². The summed E-state index contributed by atoms with van der Waals surface area (Å²) >= 11 is 0. The van der Waals surface area contributed by atoms with Crippen LogP contribution in [-0.2, 0) is 0 Å². The summed E-state index contributed by atoms with van der Waals surface area (Å²) in [4.78, 5) is 29.6. The van der Waals surface area contributed by atoms with E-state index in [4.69, 9.17) is 4.74 Å². The van der Waals surface area contributed by atoms with E-state index < -0.39 is 11.7 Å². The lowest BCUT2D eigenvalue weighted by atomic mass is 10.1. The number of amides is 1. The molecule has 0 saturated carbocycles. The van der Waals surface area contributed by atoms with Crippen LogP contribution in [0.5, 0.6) is 5.75 Å². The van der Waals surface area contributed by atoms with Gasteiger partial charge < -0.3 is 10.1 Å². The van der Waals surface area contributed by atoms with E-state index in [9.17, 15) is 14.0 Å². The number of halogens is 1. The van der Waals surface area contributed by atoms with Crippen LogP contribution >= 0.6 is 0 Å². The topological polar surface area (TPSA) is 73.2 Å². The molecule has 0 atom stereocenters. The zero-order chi connectivity index (χ0) is 20.4. The van der Waals surface area contributed by atoms with Crippen LogP contribution in [0.4, 0.5) is 10.1 Å². The summed E-state index contributed by atoms with van der Waals surface area (Å²) in [6, 6.07) is 17.3. The molecule has 0 unspecified atom stereocenters. The van der Waals surface area contributed by atoms with Crippen LogP contribution in [0, 0.1) is 5.82 Å². The summed E-state index contributed by atoms with van der Waals surface area (Å²) in [6.45, 7) is 0. The summed E-state index contributed by atoms with van der Waals surface area (Å²) in [5.41, 5.74) is 1.45. The molecule has 0 bridgehead atoms. The van der Waals surface area contributed by atoms with Gasteiger partial charge in [0.05, 0.1) is 23.7 Å². The number of nitrogens with one attached hydrogen (secondary N) is 1. The standard InChI is InChI=1S/C22H16FN3O3/c1-29-18-8-6-17(7-9-18)26-13-24-20-11-14(5-10-19(20)22(26)28)21(27)25-16-4-2-3-15(23)12-16/h2-13H,1H3,(H,25,27). The second kappa shape index (κ2) is 7.55. The Morgan fingerprint density at radius 1 is 1.07 bits per heavy atom. The first-order valence-electron chi connectivity index (χ1n) is 8.78. The highest BCUT2D eigenvalue weighted by molar-refractivity contribution is 6.06. The Morgan fingerprint density at radius 2 is 1.86 bits per heavy atom. The van der Waals surface area contributed by atoms with E-state index in [1.807, 2.05) is 0 Å². The van der Waals surface area contributed by atoms with Gasteiger partial charge in [0.1, 0.15) is 17.9 Å². The Morgan fingerprint density at radius 3 is 2.59 bits per heavy atom. The molecular formula is C22H16FN3O3. The molecule has 6 nitrogen and oxygen atoms in total. The number of hydrogen-bond acceptors (Lipinski definition) is 4. The van der Waals surface area contributed by atoms with Gasteiger partial charge in [-0.25, -0.2) is 9.37 Å². The SMILES string of the molecule is COc1ccc(-n2cnc3cc(C(=O)Nc4cccc(F)c4)ccc3c2=O)cc1. The molecule has 0 saturated heterocycles. The Hall–Kier alpha value is -4.00. The summed E-state index contributed by atoms with van der Waals surface area (Å²) < 4.78 is 19.8. The maximum absolute atomic E-state index is 13.3. The zero-order valence-corrected chi connectivity index (χ0v) is 15.4. The number of benzene rings is 3. The normalized spacial score (nSPS) is 10.7. The predicted molar refractivity (Wildman–Crippen MR) is 108 cm³/mol. The Kier molecular flexibility index (Phi) is 4.78. The average molecular weight is 389 g/mol. The highest BCUT2D eigenvalue weighted by Crippen LogP contribution is 2.17. The van der Waals surface area contributed by atoms with Crippen molar-refractivity contribution in [3.8, 4) is 11.4 Å². The lowest BCUT2D eigenvalue weighted by Crippen LogP contribution is -2.19. The van der Waals surface area contributed by atoms with E-state index in [0.29, 0.717) is 33.6 Å². The minimum atomic E-state index is -0.443. The third-order valence-electron chi connectivity index (χ3n) is 4.45. The molecule has 0 fully saturated rings. The number of methoxy groups -OCH3 is 1. The van der Waals surface area contributed by atoms with Gasteiger partial charge in [-0.2, -0.15) is 0 Å².